The normalized spacial score (nSPS) is 42.6. The van der Waals surface area contributed by atoms with Crippen molar-refractivity contribution in [1.82, 2.24) is 20.4 Å². The van der Waals surface area contributed by atoms with Crippen LogP contribution in [0.1, 0.15) is 52.4 Å². The number of piperazine rings is 1. The zero-order chi connectivity index (χ0) is 21.4. The fraction of sp³-hybridized carbons (Fsp3) is 0.909. The van der Waals surface area contributed by atoms with E-state index in [0.29, 0.717) is 51.4 Å². The van der Waals surface area contributed by atoms with Gasteiger partial charge in [-0.1, -0.05) is 6.92 Å². The number of fused-ring (bicyclic) bond motifs is 1. The molecule has 4 aliphatic rings. The van der Waals surface area contributed by atoms with Crippen LogP contribution in [0.3, 0.4) is 0 Å². The Kier molecular flexibility index (Phi) is 6.63. The Morgan fingerprint density at radius 1 is 1.03 bits per heavy atom. The van der Waals surface area contributed by atoms with Crippen molar-refractivity contribution in [2.75, 3.05) is 26.2 Å². The lowest BCUT2D eigenvalue weighted by Gasteiger charge is -2.44. The highest BCUT2D eigenvalue weighted by atomic mass is 19.1. The summed E-state index contributed by atoms with van der Waals surface area (Å²) < 4.78 is 29.7. The maximum absolute atomic E-state index is 15.4. The second-order valence-electron chi connectivity index (χ2n) is 9.82. The van der Waals surface area contributed by atoms with Crippen LogP contribution in [-0.2, 0) is 9.59 Å². The van der Waals surface area contributed by atoms with Gasteiger partial charge in [0.1, 0.15) is 12.3 Å². The van der Waals surface area contributed by atoms with E-state index in [1.54, 1.807) is 11.8 Å². The molecule has 2 saturated carbocycles. The van der Waals surface area contributed by atoms with Crippen LogP contribution in [0.2, 0.25) is 0 Å². The number of hydrogen-bond acceptors (Lipinski definition) is 4. The molecule has 2 amide bonds. The zero-order valence-corrected chi connectivity index (χ0v) is 18.2. The van der Waals surface area contributed by atoms with Crippen molar-refractivity contribution in [3.63, 3.8) is 0 Å². The molecule has 0 aromatic carbocycles. The third kappa shape index (κ3) is 4.35. The van der Waals surface area contributed by atoms with Crippen LogP contribution in [-0.4, -0.2) is 84.3 Å². The van der Waals surface area contributed by atoms with E-state index in [1.165, 1.54) is 0 Å². The van der Waals surface area contributed by atoms with Crippen molar-refractivity contribution in [3.05, 3.63) is 0 Å². The van der Waals surface area contributed by atoms with Crippen molar-refractivity contribution < 1.29 is 18.4 Å². The summed E-state index contributed by atoms with van der Waals surface area (Å²) >= 11 is 0. The molecule has 30 heavy (non-hydrogen) atoms. The maximum Gasteiger partial charge on any atom is 0.237 e. The standard InChI is InChI=1S/C22H36F2N4O2/c1-13-6-7-16(23)15-12-18(25-21(13)15)22(30)26-17-4-3-5-19(20(17)24)28-10-8-27(9-11-28)14(2)29/h13,15-21,25H,3-12H2,1-2H3,(H,26,30). The summed E-state index contributed by atoms with van der Waals surface area (Å²) in [5.41, 5.74) is 0. The van der Waals surface area contributed by atoms with Crippen LogP contribution in [0.4, 0.5) is 8.78 Å². The number of rotatable bonds is 3. The van der Waals surface area contributed by atoms with E-state index in [-0.39, 0.29) is 29.8 Å². The number of halogens is 2. The molecule has 2 saturated heterocycles. The predicted molar refractivity (Wildman–Crippen MR) is 110 cm³/mol. The van der Waals surface area contributed by atoms with Gasteiger partial charge < -0.3 is 15.5 Å². The summed E-state index contributed by atoms with van der Waals surface area (Å²) in [6.45, 7) is 6.30. The molecule has 2 aliphatic carbocycles. The molecule has 8 unspecified atom stereocenters. The second-order valence-corrected chi connectivity index (χ2v) is 9.82. The Morgan fingerprint density at radius 3 is 2.43 bits per heavy atom. The molecule has 0 radical (unpaired) electrons. The lowest BCUT2D eigenvalue weighted by molar-refractivity contribution is -0.131. The van der Waals surface area contributed by atoms with E-state index in [9.17, 15) is 14.0 Å². The van der Waals surface area contributed by atoms with E-state index in [0.717, 1.165) is 19.3 Å². The lowest BCUT2D eigenvalue weighted by atomic mass is 9.77. The summed E-state index contributed by atoms with van der Waals surface area (Å²) in [5.74, 6) is 0.136. The Bertz CT molecular complexity index is 625. The molecule has 2 heterocycles. The van der Waals surface area contributed by atoms with E-state index in [1.807, 2.05) is 0 Å². The van der Waals surface area contributed by atoms with Crippen molar-refractivity contribution in [2.45, 2.75) is 88.9 Å². The monoisotopic (exact) mass is 426 g/mol. The van der Waals surface area contributed by atoms with Gasteiger partial charge in [-0.3, -0.25) is 14.5 Å². The van der Waals surface area contributed by atoms with Crippen LogP contribution in [0.15, 0.2) is 0 Å². The molecule has 2 aliphatic heterocycles. The lowest BCUT2D eigenvalue weighted by Crippen LogP contribution is -2.60. The summed E-state index contributed by atoms with van der Waals surface area (Å²) in [4.78, 5) is 28.4. The number of hydrogen-bond donors (Lipinski definition) is 2. The van der Waals surface area contributed by atoms with Gasteiger partial charge in [-0.25, -0.2) is 8.78 Å². The number of carbonyl (C=O) groups is 2. The number of amides is 2. The van der Waals surface area contributed by atoms with Gasteiger partial charge in [0.25, 0.3) is 0 Å². The van der Waals surface area contributed by atoms with Crippen LogP contribution in [0.5, 0.6) is 0 Å². The average molecular weight is 427 g/mol. The Hall–Kier alpha value is -1.28. The van der Waals surface area contributed by atoms with Crippen LogP contribution in [0.25, 0.3) is 0 Å². The summed E-state index contributed by atoms with van der Waals surface area (Å²) in [6.07, 6.45) is 2.24. The molecular weight excluding hydrogens is 390 g/mol. The van der Waals surface area contributed by atoms with Gasteiger partial charge in [-0.15, -0.1) is 0 Å². The molecule has 0 bridgehead atoms. The molecule has 8 heteroatoms. The van der Waals surface area contributed by atoms with Gasteiger partial charge in [0.2, 0.25) is 11.8 Å². The molecule has 170 valence electrons. The molecule has 0 spiro atoms. The van der Waals surface area contributed by atoms with Crippen LogP contribution >= 0.6 is 0 Å². The van der Waals surface area contributed by atoms with E-state index in [2.05, 4.69) is 22.5 Å². The number of alkyl halides is 2. The summed E-state index contributed by atoms with van der Waals surface area (Å²) in [5, 5.41) is 6.30. The maximum atomic E-state index is 15.4. The molecule has 4 fully saturated rings. The Morgan fingerprint density at radius 2 is 1.77 bits per heavy atom. The van der Waals surface area contributed by atoms with Gasteiger partial charge in [0.05, 0.1) is 12.1 Å². The Balaban J connectivity index is 1.32. The number of nitrogens with one attached hydrogen (secondary N) is 2. The van der Waals surface area contributed by atoms with Gasteiger partial charge in [-0.2, -0.15) is 0 Å². The van der Waals surface area contributed by atoms with Gasteiger partial charge in [0.15, 0.2) is 0 Å². The minimum absolute atomic E-state index is 0.0438. The van der Waals surface area contributed by atoms with E-state index >= 15 is 4.39 Å². The predicted octanol–water partition coefficient (Wildman–Crippen LogP) is 1.64. The van der Waals surface area contributed by atoms with Gasteiger partial charge in [-0.05, 0) is 44.4 Å². The molecule has 2 N–H and O–H groups in total. The van der Waals surface area contributed by atoms with Crippen LogP contribution < -0.4 is 10.6 Å². The molecule has 8 atom stereocenters. The first-order valence-electron chi connectivity index (χ1n) is 11.7. The Labute approximate surface area is 178 Å². The topological polar surface area (TPSA) is 64.7 Å². The summed E-state index contributed by atoms with van der Waals surface area (Å²) in [7, 11) is 0. The van der Waals surface area contributed by atoms with Gasteiger partial charge in [0, 0.05) is 51.1 Å². The minimum Gasteiger partial charge on any atom is -0.349 e. The van der Waals surface area contributed by atoms with Crippen molar-refractivity contribution >= 4 is 11.8 Å². The van der Waals surface area contributed by atoms with Crippen molar-refractivity contribution in [1.29, 1.82) is 0 Å². The molecule has 6 nitrogen and oxygen atoms in total. The molecule has 4 rings (SSSR count). The van der Waals surface area contributed by atoms with E-state index < -0.39 is 24.4 Å². The smallest absolute Gasteiger partial charge is 0.237 e. The zero-order valence-electron chi connectivity index (χ0n) is 18.2. The minimum atomic E-state index is -1.12. The van der Waals surface area contributed by atoms with E-state index in [4.69, 9.17) is 0 Å². The molecule has 0 aromatic heterocycles. The summed E-state index contributed by atoms with van der Waals surface area (Å²) in [6, 6.07) is -1.09. The number of nitrogens with zero attached hydrogens (tertiary/aromatic N) is 2. The van der Waals surface area contributed by atoms with Gasteiger partial charge >= 0.3 is 0 Å². The first-order chi connectivity index (χ1) is 14.3. The largest absolute Gasteiger partial charge is 0.349 e. The quantitative estimate of drug-likeness (QED) is 0.720. The average Bonchev–Trinajstić information content (AvgIpc) is 3.19. The fourth-order valence-electron chi connectivity index (χ4n) is 6.12. The first kappa shape index (κ1) is 21.9. The third-order valence-corrected chi connectivity index (χ3v) is 7.98. The molecular formula is C22H36F2N4O2. The van der Waals surface area contributed by atoms with Crippen molar-refractivity contribution in [3.8, 4) is 0 Å². The highest BCUT2D eigenvalue weighted by Gasteiger charge is 2.47. The number of carbonyl (C=O) groups excluding carboxylic acids is 2. The SMILES string of the molecule is CC(=O)N1CCN(C2CCCC(NC(=O)C3CC4C(F)CCC(C)C4N3)C2F)CC1. The van der Waals surface area contributed by atoms with Crippen LogP contribution in [0, 0.1) is 11.8 Å². The van der Waals surface area contributed by atoms with Crippen molar-refractivity contribution in [2.24, 2.45) is 11.8 Å². The fourth-order valence-corrected chi connectivity index (χ4v) is 6.12. The highest BCUT2D eigenvalue weighted by Crippen LogP contribution is 2.38. The molecule has 0 aromatic rings. The third-order valence-electron chi connectivity index (χ3n) is 7.98. The second kappa shape index (κ2) is 9.07. The highest BCUT2D eigenvalue weighted by molar-refractivity contribution is 5.82. The first-order valence-corrected chi connectivity index (χ1v) is 11.7.